The van der Waals surface area contributed by atoms with Gasteiger partial charge in [-0.2, -0.15) is 0 Å². The van der Waals surface area contributed by atoms with Gasteiger partial charge in [-0.25, -0.2) is 0 Å². The van der Waals surface area contributed by atoms with Crippen LogP contribution in [0, 0.1) is 17.0 Å². The summed E-state index contributed by atoms with van der Waals surface area (Å²) in [6, 6.07) is 5.29. The second kappa shape index (κ2) is 8.78. The van der Waals surface area contributed by atoms with E-state index in [1.54, 1.807) is 19.1 Å². The average molecular weight is 333 g/mol. The number of amides is 1. The summed E-state index contributed by atoms with van der Waals surface area (Å²) in [6.45, 7) is 6.58. The van der Waals surface area contributed by atoms with Crippen LogP contribution in [-0.4, -0.2) is 41.4 Å². The summed E-state index contributed by atoms with van der Waals surface area (Å²) >= 11 is 0. The highest BCUT2D eigenvalue weighted by atomic mass is 16.6. The lowest BCUT2D eigenvalue weighted by atomic mass is 10.00. The van der Waals surface area contributed by atoms with Crippen molar-refractivity contribution in [2.45, 2.75) is 52.0 Å². The number of carbonyl (C=O) groups excluding carboxylic acids is 1. The standard InChI is InChI=1S/C18H27N3O3/c1-3-15-8-4-5-12-20(15)13-7-11-19-18(22)16-9-6-10-17(14(16)2)21(23)24/h6,9-10,15H,3-5,7-8,11-13H2,1-2H3,(H,19,22)/t15-/m1/s1. The molecule has 0 aromatic heterocycles. The molecule has 6 nitrogen and oxygen atoms in total. The lowest BCUT2D eigenvalue weighted by Gasteiger charge is -2.35. The van der Waals surface area contributed by atoms with E-state index < -0.39 is 4.92 Å². The van der Waals surface area contributed by atoms with Gasteiger partial charge in [0.25, 0.3) is 11.6 Å². The number of rotatable bonds is 7. The smallest absolute Gasteiger partial charge is 0.273 e. The molecule has 1 amide bonds. The Morgan fingerprint density at radius 3 is 2.92 bits per heavy atom. The first-order valence-corrected chi connectivity index (χ1v) is 8.80. The molecule has 0 saturated carbocycles. The topological polar surface area (TPSA) is 75.5 Å². The highest BCUT2D eigenvalue weighted by Crippen LogP contribution is 2.21. The molecule has 1 aromatic rings. The minimum Gasteiger partial charge on any atom is -0.352 e. The molecule has 1 heterocycles. The van der Waals surface area contributed by atoms with E-state index in [0.29, 0.717) is 23.7 Å². The van der Waals surface area contributed by atoms with Gasteiger partial charge in [0.1, 0.15) is 0 Å². The molecule has 2 rings (SSSR count). The van der Waals surface area contributed by atoms with Crippen molar-refractivity contribution in [2.75, 3.05) is 19.6 Å². The van der Waals surface area contributed by atoms with Gasteiger partial charge in [-0.15, -0.1) is 0 Å². The summed E-state index contributed by atoms with van der Waals surface area (Å²) in [7, 11) is 0. The van der Waals surface area contributed by atoms with Crippen LogP contribution >= 0.6 is 0 Å². The van der Waals surface area contributed by atoms with E-state index in [1.165, 1.54) is 31.7 Å². The maximum absolute atomic E-state index is 12.3. The Hall–Kier alpha value is -1.95. The molecule has 1 saturated heterocycles. The fourth-order valence-corrected chi connectivity index (χ4v) is 3.46. The van der Waals surface area contributed by atoms with E-state index in [2.05, 4.69) is 17.1 Å². The Morgan fingerprint density at radius 2 is 2.21 bits per heavy atom. The number of carbonyl (C=O) groups is 1. The largest absolute Gasteiger partial charge is 0.352 e. The van der Waals surface area contributed by atoms with Gasteiger partial charge in [0.15, 0.2) is 0 Å². The predicted octanol–water partition coefficient (Wildman–Crippen LogP) is 3.29. The van der Waals surface area contributed by atoms with Crippen molar-refractivity contribution in [3.63, 3.8) is 0 Å². The van der Waals surface area contributed by atoms with E-state index in [-0.39, 0.29) is 11.6 Å². The summed E-state index contributed by atoms with van der Waals surface area (Å²) in [5, 5.41) is 13.8. The number of nitro groups is 1. The van der Waals surface area contributed by atoms with Gasteiger partial charge in [0, 0.05) is 36.3 Å². The van der Waals surface area contributed by atoms with Crippen LogP contribution in [0.15, 0.2) is 18.2 Å². The van der Waals surface area contributed by atoms with E-state index in [1.807, 2.05) is 0 Å². The Labute approximate surface area is 143 Å². The fourth-order valence-electron chi connectivity index (χ4n) is 3.46. The number of nitro benzene ring substituents is 1. The Bertz CT molecular complexity index is 589. The van der Waals surface area contributed by atoms with Crippen LogP contribution < -0.4 is 5.32 Å². The first-order chi connectivity index (χ1) is 11.5. The number of nitrogens with zero attached hydrogens (tertiary/aromatic N) is 2. The van der Waals surface area contributed by atoms with Crippen LogP contribution in [0.1, 0.15) is 54.9 Å². The molecular weight excluding hydrogens is 306 g/mol. The molecule has 0 radical (unpaired) electrons. The molecule has 0 bridgehead atoms. The van der Waals surface area contributed by atoms with Crippen LogP contribution in [-0.2, 0) is 0 Å². The second-order valence-corrected chi connectivity index (χ2v) is 6.41. The molecule has 24 heavy (non-hydrogen) atoms. The highest BCUT2D eigenvalue weighted by molar-refractivity contribution is 5.96. The zero-order valence-corrected chi connectivity index (χ0v) is 14.6. The number of nitrogens with one attached hydrogen (secondary N) is 1. The lowest BCUT2D eigenvalue weighted by molar-refractivity contribution is -0.385. The number of benzene rings is 1. The van der Waals surface area contributed by atoms with Crippen molar-refractivity contribution in [1.82, 2.24) is 10.2 Å². The molecule has 1 aliphatic heterocycles. The van der Waals surface area contributed by atoms with Gasteiger partial charge in [-0.1, -0.05) is 19.4 Å². The molecule has 1 atom stereocenters. The molecule has 1 aliphatic rings. The van der Waals surface area contributed by atoms with Crippen molar-refractivity contribution in [3.8, 4) is 0 Å². The second-order valence-electron chi connectivity index (χ2n) is 6.41. The summed E-state index contributed by atoms with van der Waals surface area (Å²) in [5.74, 6) is -0.234. The van der Waals surface area contributed by atoms with Crippen molar-refractivity contribution in [1.29, 1.82) is 0 Å². The summed E-state index contributed by atoms with van der Waals surface area (Å²) < 4.78 is 0. The quantitative estimate of drug-likeness (QED) is 0.472. The number of hydrogen-bond donors (Lipinski definition) is 1. The average Bonchev–Trinajstić information content (AvgIpc) is 2.58. The zero-order chi connectivity index (χ0) is 17.5. The highest BCUT2D eigenvalue weighted by Gasteiger charge is 2.20. The maximum Gasteiger partial charge on any atom is 0.273 e. The van der Waals surface area contributed by atoms with Crippen LogP contribution in [0.25, 0.3) is 0 Å². The van der Waals surface area contributed by atoms with Gasteiger partial charge in [-0.3, -0.25) is 14.9 Å². The number of likely N-dealkylation sites (tertiary alicyclic amines) is 1. The van der Waals surface area contributed by atoms with E-state index in [4.69, 9.17) is 0 Å². The maximum atomic E-state index is 12.3. The number of piperidine rings is 1. The Morgan fingerprint density at radius 1 is 1.42 bits per heavy atom. The third-order valence-corrected chi connectivity index (χ3v) is 4.87. The Kier molecular flexibility index (Phi) is 6.73. The molecule has 1 N–H and O–H groups in total. The zero-order valence-electron chi connectivity index (χ0n) is 14.6. The number of hydrogen-bond acceptors (Lipinski definition) is 4. The SMILES string of the molecule is CC[C@@H]1CCCCN1CCCNC(=O)c1cccc([N+](=O)[O-])c1C. The van der Waals surface area contributed by atoms with Crippen LogP contribution in [0.3, 0.4) is 0 Å². The van der Waals surface area contributed by atoms with E-state index >= 15 is 0 Å². The molecular formula is C18H27N3O3. The van der Waals surface area contributed by atoms with Crippen LogP contribution in [0.4, 0.5) is 5.69 Å². The van der Waals surface area contributed by atoms with Crippen molar-refractivity contribution < 1.29 is 9.72 Å². The summed E-state index contributed by atoms with van der Waals surface area (Å²) in [4.78, 5) is 25.3. The van der Waals surface area contributed by atoms with Crippen molar-refractivity contribution >= 4 is 11.6 Å². The van der Waals surface area contributed by atoms with Gasteiger partial charge in [0.2, 0.25) is 0 Å². The molecule has 6 heteroatoms. The first-order valence-electron chi connectivity index (χ1n) is 8.80. The van der Waals surface area contributed by atoms with Crippen LogP contribution in [0.2, 0.25) is 0 Å². The molecule has 132 valence electrons. The van der Waals surface area contributed by atoms with E-state index in [9.17, 15) is 14.9 Å². The summed E-state index contributed by atoms with van der Waals surface area (Å²) in [6.07, 6.45) is 5.93. The third kappa shape index (κ3) is 4.54. The van der Waals surface area contributed by atoms with Gasteiger partial charge in [-0.05, 0) is 45.2 Å². The fraction of sp³-hybridized carbons (Fsp3) is 0.611. The van der Waals surface area contributed by atoms with Gasteiger partial charge >= 0.3 is 0 Å². The third-order valence-electron chi connectivity index (χ3n) is 4.87. The molecule has 0 aliphatic carbocycles. The monoisotopic (exact) mass is 333 g/mol. The van der Waals surface area contributed by atoms with E-state index in [0.717, 1.165) is 19.5 Å². The lowest BCUT2D eigenvalue weighted by Crippen LogP contribution is -2.40. The molecule has 0 spiro atoms. The van der Waals surface area contributed by atoms with Gasteiger partial charge < -0.3 is 10.2 Å². The normalized spacial score (nSPS) is 18.3. The molecule has 1 fully saturated rings. The first kappa shape index (κ1) is 18.4. The van der Waals surface area contributed by atoms with Crippen LogP contribution in [0.5, 0.6) is 0 Å². The van der Waals surface area contributed by atoms with Crippen molar-refractivity contribution in [2.24, 2.45) is 0 Å². The summed E-state index contributed by atoms with van der Waals surface area (Å²) in [5.41, 5.74) is 0.789. The predicted molar refractivity (Wildman–Crippen MR) is 94.3 cm³/mol. The van der Waals surface area contributed by atoms with Gasteiger partial charge in [0.05, 0.1) is 4.92 Å². The minimum atomic E-state index is -0.451. The minimum absolute atomic E-state index is 0.0123. The van der Waals surface area contributed by atoms with Crippen molar-refractivity contribution in [3.05, 3.63) is 39.4 Å². The molecule has 0 unspecified atom stereocenters. The molecule has 1 aromatic carbocycles. The Balaban J connectivity index is 1.83.